The third-order valence-electron chi connectivity index (χ3n) is 3.71. The monoisotopic (exact) mass is 451 g/mol. The molecule has 0 fully saturated rings. The van der Waals surface area contributed by atoms with Gasteiger partial charge in [0.05, 0.1) is 28.9 Å². The maximum Gasteiger partial charge on any atom is 0.331 e. The van der Waals surface area contributed by atoms with E-state index in [1.54, 1.807) is 42.5 Å². The summed E-state index contributed by atoms with van der Waals surface area (Å²) in [5.74, 6) is 0.0216. The van der Waals surface area contributed by atoms with Crippen molar-refractivity contribution >= 4 is 46.8 Å². The zero-order valence-corrected chi connectivity index (χ0v) is 18.3. The third kappa shape index (κ3) is 7.28. The van der Waals surface area contributed by atoms with E-state index in [0.717, 1.165) is 12.0 Å². The molecule has 0 aliphatic heterocycles. The van der Waals surface area contributed by atoms with Crippen LogP contribution >= 0.6 is 23.2 Å². The summed E-state index contributed by atoms with van der Waals surface area (Å²) in [6, 6.07) is 10.2. The lowest BCUT2D eigenvalue weighted by atomic mass is 10.2. The Morgan fingerprint density at radius 2 is 1.77 bits per heavy atom. The number of para-hydroxylation sites is 1. The van der Waals surface area contributed by atoms with Crippen LogP contribution in [0.4, 0.5) is 5.69 Å². The second kappa shape index (κ2) is 12.1. The van der Waals surface area contributed by atoms with Crippen molar-refractivity contribution in [3.05, 3.63) is 58.1 Å². The van der Waals surface area contributed by atoms with E-state index in [9.17, 15) is 9.59 Å². The molecule has 0 bridgehead atoms. The van der Waals surface area contributed by atoms with E-state index in [1.165, 1.54) is 6.08 Å². The van der Waals surface area contributed by atoms with Crippen molar-refractivity contribution in [1.82, 2.24) is 0 Å². The lowest BCUT2D eigenvalue weighted by Gasteiger charge is -2.12. The van der Waals surface area contributed by atoms with E-state index in [-0.39, 0.29) is 5.69 Å². The molecule has 2 aromatic rings. The van der Waals surface area contributed by atoms with E-state index in [4.69, 9.17) is 37.4 Å². The van der Waals surface area contributed by atoms with Gasteiger partial charge in [-0.1, -0.05) is 42.3 Å². The highest BCUT2D eigenvalue weighted by molar-refractivity contribution is 6.39. The fraction of sp³-hybridized carbons (Fsp3) is 0.273. The van der Waals surface area contributed by atoms with Gasteiger partial charge in [0, 0.05) is 6.08 Å². The first kappa shape index (κ1) is 23.6. The van der Waals surface area contributed by atoms with Gasteiger partial charge in [-0.05, 0) is 49.2 Å². The number of amides is 1. The Balaban J connectivity index is 1.92. The minimum atomic E-state index is -0.667. The van der Waals surface area contributed by atoms with Gasteiger partial charge in [0.1, 0.15) is 0 Å². The number of halogens is 2. The number of esters is 1. The topological polar surface area (TPSA) is 73.9 Å². The summed E-state index contributed by atoms with van der Waals surface area (Å²) in [6.07, 6.45) is 3.68. The lowest BCUT2D eigenvalue weighted by Crippen LogP contribution is -2.20. The normalized spacial score (nSPS) is 10.7. The Labute approximate surface area is 185 Å². The van der Waals surface area contributed by atoms with Crippen LogP contribution in [0.3, 0.4) is 0 Å². The molecular weight excluding hydrogens is 429 g/mol. The highest BCUT2D eigenvalue weighted by Gasteiger charge is 2.11. The maximum absolute atomic E-state index is 12.0. The number of nitrogens with one attached hydrogen (secondary N) is 1. The molecule has 0 heterocycles. The molecule has 0 aromatic heterocycles. The molecule has 0 saturated carbocycles. The van der Waals surface area contributed by atoms with Crippen molar-refractivity contribution in [3.63, 3.8) is 0 Å². The number of carbonyl (C=O) groups is 2. The number of benzene rings is 2. The second-order valence-electron chi connectivity index (χ2n) is 6.07. The molecule has 0 aliphatic rings. The fourth-order valence-electron chi connectivity index (χ4n) is 2.37. The van der Waals surface area contributed by atoms with Crippen molar-refractivity contribution in [3.8, 4) is 11.5 Å². The number of rotatable bonds is 10. The summed E-state index contributed by atoms with van der Waals surface area (Å²) >= 11 is 12.0. The van der Waals surface area contributed by atoms with Crippen LogP contribution in [-0.4, -0.2) is 31.7 Å². The summed E-state index contributed by atoms with van der Waals surface area (Å²) < 4.78 is 16.2. The summed E-state index contributed by atoms with van der Waals surface area (Å²) in [5, 5.41) is 3.10. The zero-order valence-electron chi connectivity index (χ0n) is 16.7. The molecule has 8 heteroatoms. The van der Waals surface area contributed by atoms with Crippen LogP contribution in [-0.2, 0) is 14.3 Å². The second-order valence-corrected chi connectivity index (χ2v) is 6.89. The van der Waals surface area contributed by atoms with Gasteiger partial charge in [0.2, 0.25) is 0 Å². The molecule has 2 aromatic carbocycles. The summed E-state index contributed by atoms with van der Waals surface area (Å²) in [5.41, 5.74) is 0.998. The Kier molecular flexibility index (Phi) is 9.51. The molecule has 1 N–H and O–H groups in total. The zero-order chi connectivity index (χ0) is 21.9. The minimum Gasteiger partial charge on any atom is -0.490 e. The molecular formula is C22H23Cl2NO5. The van der Waals surface area contributed by atoms with Crippen LogP contribution in [0.25, 0.3) is 6.08 Å². The fourth-order valence-corrected chi connectivity index (χ4v) is 2.86. The molecule has 0 spiro atoms. The minimum absolute atomic E-state index is 0.270. The predicted octanol–water partition coefficient (Wildman–Crippen LogP) is 5.38. The molecule has 0 unspecified atom stereocenters. The first-order valence-electron chi connectivity index (χ1n) is 9.43. The number of carbonyl (C=O) groups excluding carboxylic acids is 2. The van der Waals surface area contributed by atoms with Crippen LogP contribution in [0.5, 0.6) is 11.5 Å². The van der Waals surface area contributed by atoms with Crippen molar-refractivity contribution < 1.29 is 23.8 Å². The standard InChI is InChI=1S/C22H23Cl2NO5/c1-3-12-29-18-10-8-15(13-19(18)28-4-2)9-11-21(27)30-14-20(26)25-22-16(23)6-5-7-17(22)24/h5-11,13H,3-4,12,14H2,1-2H3,(H,25,26)/b11-9+. The Bertz CT molecular complexity index is 894. The molecule has 2 rings (SSSR count). The number of ether oxygens (including phenoxy) is 3. The third-order valence-corrected chi connectivity index (χ3v) is 4.34. The van der Waals surface area contributed by atoms with Crippen molar-refractivity contribution in [2.45, 2.75) is 20.3 Å². The van der Waals surface area contributed by atoms with Crippen LogP contribution in [0.1, 0.15) is 25.8 Å². The predicted molar refractivity (Wildman–Crippen MR) is 118 cm³/mol. The van der Waals surface area contributed by atoms with E-state index in [1.807, 2.05) is 13.8 Å². The Morgan fingerprint density at radius 3 is 2.43 bits per heavy atom. The highest BCUT2D eigenvalue weighted by atomic mass is 35.5. The first-order chi connectivity index (χ1) is 14.4. The summed E-state index contributed by atoms with van der Waals surface area (Å²) in [4.78, 5) is 23.9. The van der Waals surface area contributed by atoms with Crippen LogP contribution in [0.2, 0.25) is 10.0 Å². The van der Waals surface area contributed by atoms with Crippen LogP contribution in [0, 0.1) is 0 Å². The van der Waals surface area contributed by atoms with Gasteiger partial charge in [0.25, 0.3) is 5.91 Å². The van der Waals surface area contributed by atoms with Gasteiger partial charge >= 0.3 is 5.97 Å². The maximum atomic E-state index is 12.0. The number of hydrogen-bond acceptors (Lipinski definition) is 5. The smallest absolute Gasteiger partial charge is 0.331 e. The average molecular weight is 452 g/mol. The van der Waals surface area contributed by atoms with E-state index >= 15 is 0 Å². The SMILES string of the molecule is CCCOc1ccc(/C=C/C(=O)OCC(=O)Nc2c(Cl)cccc2Cl)cc1OCC. The Morgan fingerprint density at radius 1 is 1.03 bits per heavy atom. The van der Waals surface area contributed by atoms with E-state index in [2.05, 4.69) is 5.32 Å². The van der Waals surface area contributed by atoms with Crippen molar-refractivity contribution in [1.29, 1.82) is 0 Å². The summed E-state index contributed by atoms with van der Waals surface area (Å²) in [6.45, 7) is 4.50. The summed E-state index contributed by atoms with van der Waals surface area (Å²) in [7, 11) is 0. The van der Waals surface area contributed by atoms with E-state index in [0.29, 0.717) is 34.8 Å². The molecule has 0 aliphatic carbocycles. The van der Waals surface area contributed by atoms with Crippen molar-refractivity contribution in [2.75, 3.05) is 25.1 Å². The molecule has 0 radical (unpaired) electrons. The highest BCUT2D eigenvalue weighted by Crippen LogP contribution is 2.30. The molecule has 0 saturated heterocycles. The van der Waals surface area contributed by atoms with Gasteiger partial charge in [-0.15, -0.1) is 0 Å². The Hall–Kier alpha value is -2.70. The first-order valence-corrected chi connectivity index (χ1v) is 10.2. The van der Waals surface area contributed by atoms with Gasteiger partial charge in [-0.3, -0.25) is 4.79 Å². The molecule has 0 atom stereocenters. The van der Waals surface area contributed by atoms with Gasteiger partial charge in [-0.25, -0.2) is 4.79 Å². The van der Waals surface area contributed by atoms with Crippen molar-refractivity contribution in [2.24, 2.45) is 0 Å². The number of anilines is 1. The largest absolute Gasteiger partial charge is 0.490 e. The average Bonchev–Trinajstić information content (AvgIpc) is 2.73. The molecule has 6 nitrogen and oxygen atoms in total. The number of hydrogen-bond donors (Lipinski definition) is 1. The van der Waals surface area contributed by atoms with Gasteiger partial charge in [0.15, 0.2) is 18.1 Å². The quantitative estimate of drug-likeness (QED) is 0.387. The lowest BCUT2D eigenvalue weighted by molar-refractivity contribution is -0.142. The van der Waals surface area contributed by atoms with Crippen LogP contribution in [0.15, 0.2) is 42.5 Å². The molecule has 1 amide bonds. The van der Waals surface area contributed by atoms with Gasteiger partial charge in [-0.2, -0.15) is 0 Å². The van der Waals surface area contributed by atoms with E-state index < -0.39 is 18.5 Å². The molecule has 160 valence electrons. The van der Waals surface area contributed by atoms with Gasteiger partial charge < -0.3 is 19.5 Å². The van der Waals surface area contributed by atoms with Crippen LogP contribution < -0.4 is 14.8 Å². The molecule has 30 heavy (non-hydrogen) atoms.